The summed E-state index contributed by atoms with van der Waals surface area (Å²) in [6, 6.07) is 7.06. The van der Waals surface area contributed by atoms with E-state index in [1.807, 2.05) is 6.92 Å². The van der Waals surface area contributed by atoms with Crippen LogP contribution in [0.4, 0.5) is 27.9 Å². The van der Waals surface area contributed by atoms with Gasteiger partial charge in [-0.2, -0.15) is 0 Å². The van der Waals surface area contributed by atoms with Crippen LogP contribution in [0.25, 0.3) is 11.0 Å². The van der Waals surface area contributed by atoms with E-state index in [4.69, 9.17) is 0 Å². The summed E-state index contributed by atoms with van der Waals surface area (Å²) in [6.45, 7) is 2.42. The lowest BCUT2D eigenvalue weighted by Crippen LogP contribution is -2.20. The standard InChI is InChI=1S/C18H14F5N3O/c1-2-7-26-11-6-4-3-5-10(11)24-18(26)25-12(27)8-9-13(19)15(21)17(23)16(22)14(9)20/h3-6H,2,7-8H2,1H3,(H,24,25,27). The third kappa shape index (κ3) is 3.36. The van der Waals surface area contributed by atoms with Crippen molar-refractivity contribution in [1.29, 1.82) is 0 Å². The third-order valence-electron chi connectivity index (χ3n) is 3.99. The molecule has 0 fully saturated rings. The van der Waals surface area contributed by atoms with Crippen LogP contribution in [0.2, 0.25) is 0 Å². The normalized spacial score (nSPS) is 11.2. The average molecular weight is 383 g/mol. The van der Waals surface area contributed by atoms with Gasteiger partial charge in [0, 0.05) is 12.1 Å². The fourth-order valence-corrected chi connectivity index (χ4v) is 2.76. The lowest BCUT2D eigenvalue weighted by molar-refractivity contribution is -0.115. The molecule has 3 aromatic rings. The molecule has 142 valence electrons. The van der Waals surface area contributed by atoms with Crippen LogP contribution in [-0.4, -0.2) is 15.5 Å². The molecule has 1 heterocycles. The van der Waals surface area contributed by atoms with Gasteiger partial charge in [-0.25, -0.2) is 26.9 Å². The minimum atomic E-state index is -2.26. The molecule has 2 aromatic carbocycles. The predicted molar refractivity (Wildman–Crippen MR) is 88.6 cm³/mol. The molecule has 0 unspecified atom stereocenters. The number of hydrogen-bond acceptors (Lipinski definition) is 2. The summed E-state index contributed by atoms with van der Waals surface area (Å²) >= 11 is 0. The van der Waals surface area contributed by atoms with Crippen LogP contribution in [0.3, 0.4) is 0 Å². The molecule has 1 amide bonds. The molecule has 0 bridgehead atoms. The van der Waals surface area contributed by atoms with Gasteiger partial charge in [0.1, 0.15) is 0 Å². The Morgan fingerprint density at radius 3 is 2.22 bits per heavy atom. The van der Waals surface area contributed by atoms with E-state index >= 15 is 0 Å². The number of aromatic nitrogens is 2. The first kappa shape index (κ1) is 18.8. The first-order valence-electron chi connectivity index (χ1n) is 8.10. The third-order valence-corrected chi connectivity index (χ3v) is 3.99. The highest BCUT2D eigenvalue weighted by Gasteiger charge is 2.27. The number of nitrogens with one attached hydrogen (secondary N) is 1. The number of halogens is 5. The second-order valence-electron chi connectivity index (χ2n) is 5.85. The van der Waals surface area contributed by atoms with Crippen LogP contribution in [0.15, 0.2) is 24.3 Å². The Labute approximate surface area is 150 Å². The lowest BCUT2D eigenvalue weighted by Gasteiger charge is -2.10. The minimum Gasteiger partial charge on any atom is -0.310 e. The van der Waals surface area contributed by atoms with Gasteiger partial charge in [0.15, 0.2) is 23.3 Å². The van der Waals surface area contributed by atoms with Crippen LogP contribution in [-0.2, 0) is 17.8 Å². The number of rotatable bonds is 5. The Morgan fingerprint density at radius 2 is 1.59 bits per heavy atom. The number of carbonyl (C=O) groups excluding carboxylic acids is 1. The number of anilines is 1. The summed E-state index contributed by atoms with van der Waals surface area (Å²) in [7, 11) is 0. The largest absolute Gasteiger partial charge is 0.310 e. The monoisotopic (exact) mass is 383 g/mol. The van der Waals surface area contributed by atoms with E-state index in [0.29, 0.717) is 12.1 Å². The molecule has 0 aliphatic carbocycles. The molecule has 4 nitrogen and oxygen atoms in total. The van der Waals surface area contributed by atoms with Crippen molar-refractivity contribution >= 4 is 22.9 Å². The smallest absolute Gasteiger partial charge is 0.231 e. The number of hydrogen-bond donors (Lipinski definition) is 1. The topological polar surface area (TPSA) is 46.9 Å². The van der Waals surface area contributed by atoms with Crippen molar-refractivity contribution in [2.45, 2.75) is 26.3 Å². The van der Waals surface area contributed by atoms with E-state index < -0.39 is 47.0 Å². The maximum atomic E-state index is 13.7. The molecule has 0 saturated carbocycles. The zero-order chi connectivity index (χ0) is 19.7. The van der Waals surface area contributed by atoms with E-state index in [1.165, 1.54) is 0 Å². The maximum absolute atomic E-state index is 13.7. The Morgan fingerprint density at radius 1 is 1.00 bits per heavy atom. The fourth-order valence-electron chi connectivity index (χ4n) is 2.76. The second-order valence-corrected chi connectivity index (χ2v) is 5.85. The minimum absolute atomic E-state index is 0.131. The van der Waals surface area contributed by atoms with Crippen molar-refractivity contribution in [2.75, 3.05) is 5.32 Å². The number of nitrogens with zero attached hydrogens (tertiary/aromatic N) is 2. The number of imidazole rings is 1. The Balaban J connectivity index is 1.92. The molecule has 0 radical (unpaired) electrons. The molecule has 1 N–H and O–H groups in total. The molecule has 0 aliphatic heterocycles. The zero-order valence-corrected chi connectivity index (χ0v) is 14.1. The summed E-state index contributed by atoms with van der Waals surface area (Å²) in [5, 5.41) is 2.38. The summed E-state index contributed by atoms with van der Waals surface area (Å²) in [5.41, 5.74) is 0.144. The molecule has 9 heteroatoms. The van der Waals surface area contributed by atoms with Gasteiger partial charge in [0.05, 0.1) is 17.5 Å². The number of carbonyl (C=O) groups is 1. The zero-order valence-electron chi connectivity index (χ0n) is 14.1. The summed E-state index contributed by atoms with van der Waals surface area (Å²) in [5.74, 6) is -11.3. The van der Waals surface area contributed by atoms with Gasteiger partial charge in [0.25, 0.3) is 0 Å². The van der Waals surface area contributed by atoms with Gasteiger partial charge in [0.2, 0.25) is 17.7 Å². The summed E-state index contributed by atoms with van der Waals surface area (Å²) in [6.07, 6.45) is -0.304. The second kappa shape index (κ2) is 7.34. The SMILES string of the molecule is CCCn1c(NC(=O)Cc2c(F)c(F)c(F)c(F)c2F)nc2ccccc21. The summed E-state index contributed by atoms with van der Waals surface area (Å²) < 4.78 is 68.8. The van der Waals surface area contributed by atoms with Gasteiger partial charge in [-0.15, -0.1) is 0 Å². The molecule has 0 aliphatic rings. The average Bonchev–Trinajstić information content (AvgIpc) is 2.99. The fraction of sp³-hybridized carbons (Fsp3) is 0.222. The lowest BCUT2D eigenvalue weighted by atomic mass is 10.1. The molecular formula is C18H14F5N3O. The highest BCUT2D eigenvalue weighted by molar-refractivity contribution is 5.93. The van der Waals surface area contributed by atoms with Gasteiger partial charge in [-0.3, -0.25) is 10.1 Å². The van der Waals surface area contributed by atoms with Crippen LogP contribution < -0.4 is 5.32 Å². The molecular weight excluding hydrogens is 369 g/mol. The van der Waals surface area contributed by atoms with Gasteiger partial charge in [-0.1, -0.05) is 19.1 Å². The highest BCUT2D eigenvalue weighted by atomic mass is 19.2. The number of amides is 1. The number of fused-ring (bicyclic) bond motifs is 1. The molecule has 3 rings (SSSR count). The van der Waals surface area contributed by atoms with Crippen LogP contribution in [0.1, 0.15) is 18.9 Å². The van der Waals surface area contributed by atoms with Crippen LogP contribution in [0, 0.1) is 29.1 Å². The van der Waals surface area contributed by atoms with Gasteiger partial charge >= 0.3 is 0 Å². The van der Waals surface area contributed by atoms with E-state index in [0.717, 1.165) is 11.9 Å². The van der Waals surface area contributed by atoms with Crippen LogP contribution in [0.5, 0.6) is 0 Å². The number of benzene rings is 2. The first-order chi connectivity index (χ1) is 12.8. The van der Waals surface area contributed by atoms with E-state index in [-0.39, 0.29) is 5.95 Å². The van der Waals surface area contributed by atoms with Crippen molar-refractivity contribution in [3.63, 3.8) is 0 Å². The molecule has 0 saturated heterocycles. The molecule has 1 aromatic heterocycles. The maximum Gasteiger partial charge on any atom is 0.231 e. The number of aryl methyl sites for hydroxylation is 1. The first-order valence-corrected chi connectivity index (χ1v) is 8.10. The molecule has 0 atom stereocenters. The predicted octanol–water partition coefficient (Wildman–Crippen LogP) is 4.32. The Kier molecular flexibility index (Phi) is 5.11. The molecule has 0 spiro atoms. The Bertz CT molecular complexity index is 1000. The van der Waals surface area contributed by atoms with Crippen molar-refractivity contribution in [3.8, 4) is 0 Å². The highest BCUT2D eigenvalue weighted by Crippen LogP contribution is 2.24. The van der Waals surface area contributed by atoms with Crippen molar-refractivity contribution < 1.29 is 26.7 Å². The van der Waals surface area contributed by atoms with E-state index in [2.05, 4.69) is 10.3 Å². The van der Waals surface area contributed by atoms with Crippen molar-refractivity contribution in [1.82, 2.24) is 9.55 Å². The molecule has 27 heavy (non-hydrogen) atoms. The van der Waals surface area contributed by atoms with Crippen molar-refractivity contribution in [3.05, 3.63) is 58.9 Å². The van der Waals surface area contributed by atoms with E-state index in [1.54, 1.807) is 28.8 Å². The van der Waals surface area contributed by atoms with Gasteiger partial charge in [-0.05, 0) is 18.6 Å². The van der Waals surface area contributed by atoms with E-state index in [9.17, 15) is 26.7 Å². The Hall–Kier alpha value is -2.97. The van der Waals surface area contributed by atoms with Gasteiger partial charge < -0.3 is 4.57 Å². The van der Waals surface area contributed by atoms with Crippen LogP contribution >= 0.6 is 0 Å². The number of para-hydroxylation sites is 2. The summed E-state index contributed by atoms with van der Waals surface area (Å²) in [4.78, 5) is 16.4. The van der Waals surface area contributed by atoms with Crippen molar-refractivity contribution in [2.24, 2.45) is 0 Å². The quantitative estimate of drug-likeness (QED) is 0.405.